The van der Waals surface area contributed by atoms with Crippen molar-refractivity contribution in [3.63, 3.8) is 0 Å². The van der Waals surface area contributed by atoms with E-state index in [0.29, 0.717) is 18.4 Å². The van der Waals surface area contributed by atoms with Crippen molar-refractivity contribution in [1.82, 2.24) is 15.0 Å². The molecule has 21 heavy (non-hydrogen) atoms. The smallest absolute Gasteiger partial charge is 0.241 e. The van der Waals surface area contributed by atoms with Crippen LogP contribution in [0.2, 0.25) is 0 Å². The molecule has 0 amide bonds. The van der Waals surface area contributed by atoms with Crippen LogP contribution in [0.25, 0.3) is 10.8 Å². The van der Waals surface area contributed by atoms with Gasteiger partial charge < -0.3 is 11.1 Å². The zero-order valence-electron chi connectivity index (χ0n) is 11.3. The summed E-state index contributed by atoms with van der Waals surface area (Å²) in [5, 5.41) is 11.0. The van der Waals surface area contributed by atoms with E-state index in [1.54, 1.807) is 30.6 Å². The molecule has 1 aromatic heterocycles. The van der Waals surface area contributed by atoms with Crippen molar-refractivity contribution in [3.8, 4) is 0 Å². The lowest BCUT2D eigenvalue weighted by molar-refractivity contribution is 0.579. The molecule has 1 heterocycles. The van der Waals surface area contributed by atoms with Crippen molar-refractivity contribution in [3.05, 3.63) is 36.7 Å². The van der Waals surface area contributed by atoms with E-state index in [9.17, 15) is 8.42 Å². The predicted molar refractivity (Wildman–Crippen MR) is 81.5 cm³/mol. The molecule has 2 rings (SSSR count). The molecule has 0 saturated heterocycles. The molecule has 112 valence electrons. The fourth-order valence-corrected chi connectivity index (χ4v) is 3.22. The number of aromatic nitrogens is 1. The van der Waals surface area contributed by atoms with E-state index in [1.165, 1.54) is 0 Å². The van der Waals surface area contributed by atoms with Crippen LogP contribution in [0.3, 0.4) is 0 Å². The summed E-state index contributed by atoms with van der Waals surface area (Å²) >= 11 is 0. The molecule has 0 bridgehead atoms. The number of fused-ring (bicyclic) bond motifs is 1. The summed E-state index contributed by atoms with van der Waals surface area (Å²) < 4.78 is 27.2. The van der Waals surface area contributed by atoms with Crippen LogP contribution in [0.4, 0.5) is 0 Å². The van der Waals surface area contributed by atoms with Crippen LogP contribution < -0.4 is 15.8 Å². The van der Waals surface area contributed by atoms with Gasteiger partial charge in [-0.25, -0.2) is 13.1 Å². The van der Waals surface area contributed by atoms with Gasteiger partial charge in [0.15, 0.2) is 5.96 Å². The summed E-state index contributed by atoms with van der Waals surface area (Å²) in [5.41, 5.74) is 5.14. The minimum Gasteiger partial charge on any atom is -0.370 e. The molecule has 0 atom stereocenters. The quantitative estimate of drug-likeness (QED) is 0.349. The standard InChI is InChI=1S/C13H17N5O2S/c14-13(15)17-6-2-7-18-21(19,20)12-4-1-3-10-9-16-8-5-11(10)12/h1,3-5,8-9,18H,2,6-7H2,(H4,14,15,17). The van der Waals surface area contributed by atoms with Gasteiger partial charge in [0, 0.05) is 36.3 Å². The van der Waals surface area contributed by atoms with E-state index in [1.807, 2.05) is 6.07 Å². The first-order chi connectivity index (χ1) is 10.0. The Morgan fingerprint density at radius 1 is 1.29 bits per heavy atom. The lowest BCUT2D eigenvalue weighted by Crippen LogP contribution is -2.33. The summed E-state index contributed by atoms with van der Waals surface area (Å²) in [7, 11) is -3.58. The highest BCUT2D eigenvalue weighted by Gasteiger charge is 2.16. The topological polar surface area (TPSA) is 121 Å². The summed E-state index contributed by atoms with van der Waals surface area (Å²) in [4.78, 5) is 4.22. The van der Waals surface area contributed by atoms with Crippen LogP contribution in [0, 0.1) is 5.41 Å². The third-order valence-corrected chi connectivity index (χ3v) is 4.41. The number of hydrogen-bond donors (Lipinski definition) is 4. The number of nitrogens with two attached hydrogens (primary N) is 1. The number of rotatable bonds is 6. The monoisotopic (exact) mass is 307 g/mol. The van der Waals surface area contributed by atoms with Gasteiger partial charge in [-0.3, -0.25) is 10.4 Å². The second kappa shape index (κ2) is 6.51. The molecule has 0 fully saturated rings. The number of pyridine rings is 1. The van der Waals surface area contributed by atoms with Gasteiger partial charge in [-0.1, -0.05) is 12.1 Å². The lowest BCUT2D eigenvalue weighted by Gasteiger charge is -2.09. The van der Waals surface area contributed by atoms with Crippen molar-refractivity contribution in [2.24, 2.45) is 5.73 Å². The van der Waals surface area contributed by atoms with E-state index in [-0.39, 0.29) is 17.4 Å². The number of benzene rings is 1. The average Bonchev–Trinajstić information content (AvgIpc) is 2.46. The minimum absolute atomic E-state index is 0.126. The van der Waals surface area contributed by atoms with Gasteiger partial charge in [0.25, 0.3) is 0 Å². The number of nitrogens with one attached hydrogen (secondary N) is 3. The Balaban J connectivity index is 2.10. The third-order valence-electron chi connectivity index (χ3n) is 2.89. The van der Waals surface area contributed by atoms with Gasteiger partial charge in [-0.2, -0.15) is 0 Å². The Morgan fingerprint density at radius 3 is 2.86 bits per heavy atom. The number of guanidine groups is 1. The van der Waals surface area contributed by atoms with Crippen molar-refractivity contribution < 1.29 is 8.42 Å². The first kappa shape index (κ1) is 15.2. The van der Waals surface area contributed by atoms with Gasteiger partial charge in [0.2, 0.25) is 10.0 Å². The van der Waals surface area contributed by atoms with Gasteiger partial charge in [-0.05, 0) is 18.6 Å². The number of sulfonamides is 1. The Bertz CT molecular complexity index is 740. The highest BCUT2D eigenvalue weighted by Crippen LogP contribution is 2.21. The van der Waals surface area contributed by atoms with E-state index in [4.69, 9.17) is 11.1 Å². The summed E-state index contributed by atoms with van der Waals surface area (Å²) in [6.07, 6.45) is 3.73. The van der Waals surface area contributed by atoms with Gasteiger partial charge in [-0.15, -0.1) is 0 Å². The Morgan fingerprint density at radius 2 is 2.10 bits per heavy atom. The SMILES string of the molecule is N=C(N)NCCCNS(=O)(=O)c1cccc2cnccc12. The van der Waals surface area contributed by atoms with E-state index >= 15 is 0 Å². The van der Waals surface area contributed by atoms with Gasteiger partial charge in [0.05, 0.1) is 4.90 Å². The van der Waals surface area contributed by atoms with Gasteiger partial charge >= 0.3 is 0 Å². The average molecular weight is 307 g/mol. The molecular formula is C13H17N5O2S. The molecule has 0 spiro atoms. The van der Waals surface area contributed by atoms with Crippen molar-refractivity contribution >= 4 is 26.8 Å². The summed E-state index contributed by atoms with van der Waals surface area (Å²) in [6.45, 7) is 0.710. The molecule has 7 nitrogen and oxygen atoms in total. The highest BCUT2D eigenvalue weighted by atomic mass is 32.2. The zero-order valence-corrected chi connectivity index (χ0v) is 12.2. The van der Waals surface area contributed by atoms with Crippen LogP contribution in [-0.2, 0) is 10.0 Å². The van der Waals surface area contributed by atoms with Crippen molar-refractivity contribution in [2.45, 2.75) is 11.3 Å². The summed E-state index contributed by atoms with van der Waals surface area (Å²) in [5.74, 6) is -0.126. The zero-order chi connectivity index (χ0) is 15.3. The number of nitrogens with zero attached hydrogens (tertiary/aromatic N) is 1. The normalized spacial score (nSPS) is 11.4. The molecule has 0 saturated carbocycles. The fraction of sp³-hybridized carbons (Fsp3) is 0.231. The van der Waals surface area contributed by atoms with Gasteiger partial charge in [0.1, 0.15) is 0 Å². The van der Waals surface area contributed by atoms with Crippen LogP contribution in [0.15, 0.2) is 41.6 Å². The molecule has 0 aliphatic heterocycles. The van der Waals surface area contributed by atoms with E-state index < -0.39 is 10.0 Å². The van der Waals surface area contributed by atoms with Crippen molar-refractivity contribution in [2.75, 3.05) is 13.1 Å². The van der Waals surface area contributed by atoms with Crippen LogP contribution in [0.5, 0.6) is 0 Å². The Labute approximate surface area is 123 Å². The minimum atomic E-state index is -3.58. The number of hydrogen-bond acceptors (Lipinski definition) is 4. The van der Waals surface area contributed by atoms with Crippen LogP contribution in [-0.4, -0.2) is 32.5 Å². The maximum Gasteiger partial charge on any atom is 0.241 e. The van der Waals surface area contributed by atoms with Crippen molar-refractivity contribution in [1.29, 1.82) is 5.41 Å². The molecule has 8 heteroatoms. The Hall–Kier alpha value is -2.19. The molecule has 0 aliphatic carbocycles. The Kier molecular flexibility index (Phi) is 4.71. The molecular weight excluding hydrogens is 290 g/mol. The van der Waals surface area contributed by atoms with Crippen LogP contribution in [0.1, 0.15) is 6.42 Å². The molecule has 1 aromatic carbocycles. The predicted octanol–water partition coefficient (Wildman–Crippen LogP) is 0.386. The first-order valence-electron chi connectivity index (χ1n) is 6.41. The van der Waals surface area contributed by atoms with E-state index in [0.717, 1.165) is 5.39 Å². The highest BCUT2D eigenvalue weighted by molar-refractivity contribution is 7.89. The lowest BCUT2D eigenvalue weighted by atomic mass is 10.2. The first-order valence-corrected chi connectivity index (χ1v) is 7.89. The maximum atomic E-state index is 12.3. The van der Waals surface area contributed by atoms with E-state index in [2.05, 4.69) is 15.0 Å². The molecule has 0 aliphatic rings. The molecule has 2 aromatic rings. The second-order valence-corrected chi connectivity index (χ2v) is 6.18. The fourth-order valence-electron chi connectivity index (χ4n) is 1.92. The summed E-state index contributed by atoms with van der Waals surface area (Å²) in [6, 6.07) is 6.76. The second-order valence-electron chi connectivity index (χ2n) is 4.44. The third kappa shape index (κ3) is 3.89. The largest absolute Gasteiger partial charge is 0.370 e. The molecule has 5 N–H and O–H groups in total. The molecule has 0 radical (unpaired) electrons. The van der Waals surface area contributed by atoms with Crippen LogP contribution >= 0.6 is 0 Å². The molecule has 0 unspecified atom stereocenters. The maximum absolute atomic E-state index is 12.3.